The Labute approximate surface area is 257 Å². The Bertz CT molecular complexity index is 1410. The van der Waals surface area contributed by atoms with Gasteiger partial charge in [-0.05, 0) is 66.9 Å². The predicted molar refractivity (Wildman–Crippen MR) is 163 cm³/mol. The largest absolute Gasteiger partial charge is 0.506 e. The van der Waals surface area contributed by atoms with Gasteiger partial charge >= 0.3 is 11.9 Å². The number of aliphatic hydroxyl groups excluding tert-OH is 1. The van der Waals surface area contributed by atoms with E-state index in [0.29, 0.717) is 23.6 Å². The maximum atomic E-state index is 11.6. The summed E-state index contributed by atoms with van der Waals surface area (Å²) >= 11 is 0. The molecule has 12 nitrogen and oxygen atoms in total. The lowest BCUT2D eigenvalue weighted by molar-refractivity contribution is -0.146. The predicted octanol–water partition coefficient (Wildman–Crippen LogP) is 3.10. The van der Waals surface area contributed by atoms with Gasteiger partial charge in [-0.25, -0.2) is 18.0 Å². The first-order chi connectivity index (χ1) is 21.0. The van der Waals surface area contributed by atoms with Crippen molar-refractivity contribution in [1.29, 1.82) is 0 Å². The summed E-state index contributed by atoms with van der Waals surface area (Å²) in [6, 6.07) is 18.7. The van der Waals surface area contributed by atoms with Gasteiger partial charge in [0.15, 0.2) is 13.2 Å². The number of carbonyl (C=O) groups is 2. The quantitative estimate of drug-likeness (QED) is 0.128. The van der Waals surface area contributed by atoms with Crippen LogP contribution in [0.4, 0.5) is 5.69 Å². The zero-order valence-electron chi connectivity index (χ0n) is 24.8. The Kier molecular flexibility index (Phi) is 12.8. The van der Waals surface area contributed by atoms with Crippen LogP contribution in [0, 0.1) is 0 Å². The van der Waals surface area contributed by atoms with Gasteiger partial charge in [-0.2, -0.15) is 0 Å². The number of rotatable bonds is 17. The molecule has 0 heterocycles. The third-order valence-corrected chi connectivity index (χ3v) is 6.87. The number of ether oxygens (including phenoxy) is 4. The minimum Gasteiger partial charge on any atom is -0.506 e. The van der Waals surface area contributed by atoms with Crippen molar-refractivity contribution in [3.63, 3.8) is 0 Å². The van der Waals surface area contributed by atoms with Gasteiger partial charge < -0.3 is 34.5 Å². The molecule has 0 aliphatic heterocycles. The molecule has 44 heavy (non-hydrogen) atoms. The lowest BCUT2D eigenvalue weighted by Gasteiger charge is -2.21. The molecule has 0 spiro atoms. The molecule has 0 fully saturated rings. The van der Waals surface area contributed by atoms with Gasteiger partial charge in [0.05, 0.1) is 31.3 Å². The van der Waals surface area contributed by atoms with Crippen molar-refractivity contribution < 1.29 is 47.2 Å². The maximum absolute atomic E-state index is 11.6. The maximum Gasteiger partial charge on any atom is 0.344 e. The second-order valence-electron chi connectivity index (χ2n) is 9.70. The van der Waals surface area contributed by atoms with E-state index in [-0.39, 0.29) is 50.3 Å². The summed E-state index contributed by atoms with van der Waals surface area (Å²) < 4.78 is 46.3. The Morgan fingerprint density at radius 1 is 0.773 bits per heavy atom. The van der Waals surface area contributed by atoms with Crippen LogP contribution in [0.15, 0.2) is 66.7 Å². The Morgan fingerprint density at radius 3 is 1.70 bits per heavy atom. The fraction of sp³-hybridized carbons (Fsp3) is 0.355. The molecule has 238 valence electrons. The fourth-order valence-electron chi connectivity index (χ4n) is 4.24. The van der Waals surface area contributed by atoms with E-state index in [1.165, 1.54) is 18.2 Å². The number of nitrogens with one attached hydrogen (secondary N) is 2. The number of hydrogen-bond acceptors (Lipinski definition) is 11. The minimum absolute atomic E-state index is 0.0301. The molecule has 0 bridgehead atoms. The van der Waals surface area contributed by atoms with Crippen molar-refractivity contribution >= 4 is 27.6 Å². The highest BCUT2D eigenvalue weighted by atomic mass is 32.2. The topological polar surface area (TPSA) is 170 Å². The number of esters is 2. The summed E-state index contributed by atoms with van der Waals surface area (Å²) in [6.45, 7) is 4.08. The van der Waals surface area contributed by atoms with Crippen molar-refractivity contribution in [2.75, 3.05) is 50.5 Å². The van der Waals surface area contributed by atoms with Crippen molar-refractivity contribution in [2.45, 2.75) is 25.9 Å². The molecule has 0 amide bonds. The van der Waals surface area contributed by atoms with E-state index in [0.717, 1.165) is 17.4 Å². The number of carbonyl (C=O) groups excluding carboxylic acids is 2. The van der Waals surface area contributed by atoms with E-state index in [1.807, 2.05) is 24.3 Å². The number of phenols is 1. The molecule has 3 aromatic rings. The third kappa shape index (κ3) is 11.1. The molecular formula is C31H38N2O10S. The summed E-state index contributed by atoms with van der Waals surface area (Å²) in [4.78, 5) is 23.3. The standard InChI is InChI=1S/C31H38N2O10S/c1-4-40-30(36)19-42-24-11-6-21(7-12-24)26(22-8-13-25(14-9-22)43-20-31(37)41-5-2)17-32-18-29(35)23-10-15-28(34)27(16-23)33-44(3,38)39/h6-16,26,29,32-35H,4-5,17-20H2,1-3H3/t29-/m0/s1. The number of benzene rings is 3. The highest BCUT2D eigenvalue weighted by Gasteiger charge is 2.18. The Morgan fingerprint density at radius 2 is 1.25 bits per heavy atom. The van der Waals surface area contributed by atoms with Crippen molar-refractivity contribution in [3.05, 3.63) is 83.4 Å². The lowest BCUT2D eigenvalue weighted by Crippen LogP contribution is -2.27. The first-order valence-corrected chi connectivity index (χ1v) is 15.8. The zero-order chi connectivity index (χ0) is 32.1. The van der Waals surface area contributed by atoms with E-state index in [4.69, 9.17) is 18.9 Å². The Balaban J connectivity index is 1.74. The van der Waals surface area contributed by atoms with Crippen molar-refractivity contribution in [3.8, 4) is 17.2 Å². The van der Waals surface area contributed by atoms with E-state index in [2.05, 4.69) is 10.0 Å². The van der Waals surface area contributed by atoms with Crippen LogP contribution < -0.4 is 19.5 Å². The van der Waals surface area contributed by atoms with Crippen LogP contribution in [-0.4, -0.2) is 76.3 Å². The molecule has 0 unspecified atom stereocenters. The zero-order valence-corrected chi connectivity index (χ0v) is 25.6. The monoisotopic (exact) mass is 630 g/mol. The van der Waals surface area contributed by atoms with Gasteiger partial charge in [0, 0.05) is 19.0 Å². The molecule has 0 radical (unpaired) electrons. The first-order valence-electron chi connectivity index (χ1n) is 13.9. The minimum atomic E-state index is -3.63. The fourth-order valence-corrected chi connectivity index (χ4v) is 4.80. The summed E-state index contributed by atoms with van der Waals surface area (Å²) in [5.74, 6) is -0.382. The van der Waals surface area contributed by atoms with Crippen LogP contribution in [0.5, 0.6) is 17.2 Å². The van der Waals surface area contributed by atoms with Crippen molar-refractivity contribution in [1.82, 2.24) is 5.32 Å². The normalized spacial score (nSPS) is 11.9. The SMILES string of the molecule is CCOC(=O)COc1ccc(C(CNC[C@H](O)c2ccc(O)c(NS(C)(=O)=O)c2)c2ccc(OCC(=O)OCC)cc2)cc1. The Hall–Kier alpha value is -4.33. The van der Waals surface area contributed by atoms with E-state index in [1.54, 1.807) is 38.1 Å². The molecule has 0 saturated carbocycles. The van der Waals surface area contributed by atoms with E-state index in [9.17, 15) is 28.2 Å². The molecule has 0 saturated heterocycles. The number of hydrogen-bond donors (Lipinski definition) is 4. The van der Waals surface area contributed by atoms with Gasteiger partial charge in [-0.3, -0.25) is 4.72 Å². The summed E-state index contributed by atoms with van der Waals surface area (Å²) in [6.07, 6.45) is -0.0382. The van der Waals surface area contributed by atoms with Gasteiger partial charge in [0.25, 0.3) is 0 Å². The number of aromatic hydroxyl groups is 1. The second kappa shape index (κ2) is 16.5. The molecule has 3 rings (SSSR count). The number of sulfonamides is 1. The molecule has 1 atom stereocenters. The molecule has 0 aliphatic rings. The average Bonchev–Trinajstić information content (AvgIpc) is 2.98. The summed E-state index contributed by atoms with van der Waals surface area (Å²) in [7, 11) is -3.63. The van der Waals surface area contributed by atoms with Crippen LogP contribution in [0.2, 0.25) is 0 Å². The molecular weight excluding hydrogens is 592 g/mol. The molecule has 13 heteroatoms. The van der Waals surface area contributed by atoms with Crippen LogP contribution in [0.25, 0.3) is 0 Å². The van der Waals surface area contributed by atoms with Crippen molar-refractivity contribution in [2.24, 2.45) is 0 Å². The molecule has 0 aromatic heterocycles. The number of aliphatic hydroxyl groups is 1. The average molecular weight is 631 g/mol. The third-order valence-electron chi connectivity index (χ3n) is 6.28. The summed E-state index contributed by atoms with van der Waals surface area (Å²) in [5, 5.41) is 24.1. The van der Waals surface area contributed by atoms with E-state index >= 15 is 0 Å². The lowest BCUT2D eigenvalue weighted by atomic mass is 9.91. The van der Waals surface area contributed by atoms with Gasteiger partial charge in [-0.1, -0.05) is 30.3 Å². The molecule has 3 aromatic carbocycles. The molecule has 4 N–H and O–H groups in total. The van der Waals surface area contributed by atoms with Crippen LogP contribution in [-0.2, 0) is 29.1 Å². The van der Waals surface area contributed by atoms with Crippen LogP contribution >= 0.6 is 0 Å². The summed E-state index contributed by atoms with van der Waals surface area (Å²) in [5.41, 5.74) is 2.21. The van der Waals surface area contributed by atoms with Crippen LogP contribution in [0.3, 0.4) is 0 Å². The van der Waals surface area contributed by atoms with Gasteiger partial charge in [0.2, 0.25) is 10.0 Å². The van der Waals surface area contributed by atoms with E-state index < -0.39 is 28.1 Å². The number of anilines is 1. The molecule has 0 aliphatic carbocycles. The smallest absolute Gasteiger partial charge is 0.344 e. The highest BCUT2D eigenvalue weighted by Crippen LogP contribution is 2.29. The van der Waals surface area contributed by atoms with Gasteiger partial charge in [-0.15, -0.1) is 0 Å². The highest BCUT2D eigenvalue weighted by molar-refractivity contribution is 7.92. The number of phenolic OH excluding ortho intramolecular Hbond substituents is 1. The second-order valence-corrected chi connectivity index (χ2v) is 11.5. The van der Waals surface area contributed by atoms with Gasteiger partial charge in [0.1, 0.15) is 17.2 Å². The first kappa shape index (κ1) is 34.2. The van der Waals surface area contributed by atoms with Crippen LogP contribution in [0.1, 0.15) is 42.6 Å².